The van der Waals surface area contributed by atoms with Gasteiger partial charge in [0.1, 0.15) is 0 Å². The standard InChI is InChI=1S/C16H31Cl/c1-3-5-7-9-12-16(14-11-15-17)13-10-8-6-4-2/h14H,3-13,15H2,1-2H3. The second-order valence-corrected chi connectivity index (χ2v) is 5.34. The number of hydrogen-bond donors (Lipinski definition) is 0. The van der Waals surface area contributed by atoms with Crippen molar-refractivity contribution in [3.63, 3.8) is 0 Å². The third-order valence-electron chi connectivity index (χ3n) is 3.25. The minimum Gasteiger partial charge on any atom is -0.126 e. The Morgan fingerprint density at radius 1 is 0.824 bits per heavy atom. The summed E-state index contributed by atoms with van der Waals surface area (Å²) in [5.41, 5.74) is 1.66. The van der Waals surface area contributed by atoms with Crippen LogP contribution in [0, 0.1) is 0 Å². The average molecular weight is 259 g/mol. The number of unbranched alkanes of at least 4 members (excludes halogenated alkanes) is 6. The van der Waals surface area contributed by atoms with Crippen molar-refractivity contribution in [2.24, 2.45) is 0 Å². The maximum Gasteiger partial charge on any atom is 0.0258 e. The van der Waals surface area contributed by atoms with Crippen LogP contribution in [0.25, 0.3) is 0 Å². The molecule has 0 saturated carbocycles. The Morgan fingerprint density at radius 3 is 1.76 bits per heavy atom. The molecule has 0 aliphatic rings. The van der Waals surface area contributed by atoms with Crippen molar-refractivity contribution in [2.45, 2.75) is 84.5 Å². The van der Waals surface area contributed by atoms with Gasteiger partial charge in [-0.2, -0.15) is 0 Å². The summed E-state index contributed by atoms with van der Waals surface area (Å²) < 4.78 is 0. The summed E-state index contributed by atoms with van der Waals surface area (Å²) in [5.74, 6) is 0.771. The number of halogens is 1. The van der Waals surface area contributed by atoms with E-state index in [0.29, 0.717) is 0 Å². The van der Waals surface area contributed by atoms with Crippen LogP contribution in [0.3, 0.4) is 0 Å². The van der Waals surface area contributed by atoms with Crippen molar-refractivity contribution < 1.29 is 0 Å². The molecule has 102 valence electrons. The summed E-state index contributed by atoms with van der Waals surface area (Å²) in [5, 5.41) is 0. The second kappa shape index (κ2) is 14.1. The summed E-state index contributed by atoms with van der Waals surface area (Å²) >= 11 is 5.77. The monoisotopic (exact) mass is 258 g/mol. The van der Waals surface area contributed by atoms with Crippen molar-refractivity contribution in [3.8, 4) is 0 Å². The molecule has 0 aromatic carbocycles. The van der Waals surface area contributed by atoms with Crippen molar-refractivity contribution >= 4 is 11.6 Å². The van der Waals surface area contributed by atoms with Crippen LogP contribution < -0.4 is 0 Å². The van der Waals surface area contributed by atoms with Gasteiger partial charge in [0.15, 0.2) is 0 Å². The molecule has 0 saturated heterocycles. The van der Waals surface area contributed by atoms with Crippen LogP contribution in [0.2, 0.25) is 0 Å². The Bertz CT molecular complexity index is 158. The van der Waals surface area contributed by atoms with E-state index in [-0.39, 0.29) is 0 Å². The zero-order chi connectivity index (χ0) is 12.8. The lowest BCUT2D eigenvalue weighted by Gasteiger charge is -2.07. The van der Waals surface area contributed by atoms with Crippen LogP contribution in [0.1, 0.15) is 84.5 Å². The zero-order valence-corrected chi connectivity index (χ0v) is 12.7. The van der Waals surface area contributed by atoms with E-state index in [1.54, 1.807) is 5.57 Å². The fraction of sp³-hybridized carbons (Fsp3) is 0.875. The largest absolute Gasteiger partial charge is 0.126 e. The topological polar surface area (TPSA) is 0 Å². The van der Waals surface area contributed by atoms with E-state index in [1.807, 2.05) is 0 Å². The van der Waals surface area contributed by atoms with Crippen molar-refractivity contribution in [1.82, 2.24) is 0 Å². The van der Waals surface area contributed by atoms with Crippen LogP contribution in [0.15, 0.2) is 11.6 Å². The average Bonchev–Trinajstić information content (AvgIpc) is 2.35. The van der Waals surface area contributed by atoms with Gasteiger partial charge in [0.2, 0.25) is 0 Å². The van der Waals surface area contributed by atoms with E-state index < -0.39 is 0 Å². The van der Waals surface area contributed by atoms with Crippen LogP contribution in [0.5, 0.6) is 0 Å². The normalized spacial score (nSPS) is 10.5. The van der Waals surface area contributed by atoms with E-state index in [0.717, 1.165) is 12.3 Å². The Kier molecular flexibility index (Phi) is 14.1. The maximum atomic E-state index is 5.77. The number of allylic oxidation sites excluding steroid dienone is 2. The maximum absolute atomic E-state index is 5.77. The van der Waals surface area contributed by atoms with Gasteiger partial charge in [-0.15, -0.1) is 11.6 Å². The summed E-state index contributed by atoms with van der Waals surface area (Å²) in [4.78, 5) is 0. The van der Waals surface area contributed by atoms with Gasteiger partial charge >= 0.3 is 0 Å². The van der Waals surface area contributed by atoms with Crippen molar-refractivity contribution in [1.29, 1.82) is 0 Å². The van der Waals surface area contributed by atoms with Gasteiger partial charge in [0, 0.05) is 5.88 Å². The second-order valence-electron chi connectivity index (χ2n) is 4.96. The lowest BCUT2D eigenvalue weighted by atomic mass is 9.99. The molecule has 0 aromatic heterocycles. The highest BCUT2D eigenvalue weighted by atomic mass is 35.5. The van der Waals surface area contributed by atoms with Gasteiger partial charge in [-0.3, -0.25) is 0 Å². The van der Waals surface area contributed by atoms with Crippen LogP contribution >= 0.6 is 11.6 Å². The quantitative estimate of drug-likeness (QED) is 0.213. The Morgan fingerprint density at radius 2 is 1.35 bits per heavy atom. The molecule has 0 aliphatic carbocycles. The summed E-state index contributed by atoms with van der Waals surface area (Å²) in [7, 11) is 0. The fourth-order valence-corrected chi connectivity index (χ4v) is 2.25. The van der Waals surface area contributed by atoms with Gasteiger partial charge in [-0.05, 0) is 32.1 Å². The highest BCUT2D eigenvalue weighted by Crippen LogP contribution is 2.18. The molecule has 0 spiro atoms. The molecule has 0 nitrogen and oxygen atoms in total. The molecule has 0 aliphatic heterocycles. The van der Waals surface area contributed by atoms with Crippen LogP contribution in [0.4, 0.5) is 0 Å². The number of alkyl halides is 1. The number of hydrogen-bond acceptors (Lipinski definition) is 0. The first-order valence-electron chi connectivity index (χ1n) is 7.59. The molecule has 0 fully saturated rings. The Hall–Kier alpha value is 0.0300. The third-order valence-corrected chi connectivity index (χ3v) is 3.46. The van der Waals surface area contributed by atoms with Crippen LogP contribution in [-0.4, -0.2) is 5.88 Å². The van der Waals surface area contributed by atoms with E-state index in [1.165, 1.54) is 64.2 Å². The molecule has 1 heteroatoms. The van der Waals surface area contributed by atoms with E-state index in [9.17, 15) is 0 Å². The minimum absolute atomic E-state index is 0.771. The summed E-state index contributed by atoms with van der Waals surface area (Å²) in [6.07, 6.45) is 17.0. The lowest BCUT2D eigenvalue weighted by molar-refractivity contribution is 0.623. The van der Waals surface area contributed by atoms with E-state index in [4.69, 9.17) is 11.6 Å². The minimum atomic E-state index is 0.771. The molecule has 0 atom stereocenters. The van der Waals surface area contributed by atoms with E-state index in [2.05, 4.69) is 19.9 Å². The molecular formula is C16H31Cl. The smallest absolute Gasteiger partial charge is 0.0258 e. The highest BCUT2D eigenvalue weighted by molar-refractivity contribution is 6.17. The lowest BCUT2D eigenvalue weighted by Crippen LogP contribution is -1.88. The predicted molar refractivity (Wildman–Crippen MR) is 80.9 cm³/mol. The fourth-order valence-electron chi connectivity index (χ4n) is 2.15. The van der Waals surface area contributed by atoms with Gasteiger partial charge in [-0.1, -0.05) is 64.0 Å². The first-order valence-corrected chi connectivity index (χ1v) is 8.12. The van der Waals surface area contributed by atoms with Crippen LogP contribution in [-0.2, 0) is 0 Å². The molecule has 0 unspecified atom stereocenters. The molecular weight excluding hydrogens is 228 g/mol. The highest BCUT2D eigenvalue weighted by Gasteiger charge is 1.98. The van der Waals surface area contributed by atoms with Gasteiger partial charge in [0.25, 0.3) is 0 Å². The first kappa shape index (κ1) is 17.0. The number of rotatable bonds is 12. The van der Waals surface area contributed by atoms with Crippen molar-refractivity contribution in [3.05, 3.63) is 11.6 Å². The summed E-state index contributed by atoms with van der Waals surface area (Å²) in [6.45, 7) is 4.55. The molecule has 17 heavy (non-hydrogen) atoms. The van der Waals surface area contributed by atoms with Gasteiger partial charge < -0.3 is 0 Å². The SMILES string of the molecule is CCCCCCC(=CCCCl)CCCCCC. The van der Waals surface area contributed by atoms with E-state index >= 15 is 0 Å². The Labute approximate surface area is 114 Å². The molecule has 0 N–H and O–H groups in total. The van der Waals surface area contributed by atoms with Gasteiger partial charge in [0.05, 0.1) is 0 Å². The van der Waals surface area contributed by atoms with Crippen molar-refractivity contribution in [2.75, 3.05) is 5.88 Å². The summed E-state index contributed by atoms with van der Waals surface area (Å²) in [6, 6.07) is 0. The predicted octanol–water partition coefficient (Wildman–Crippen LogP) is 6.48. The van der Waals surface area contributed by atoms with Gasteiger partial charge in [-0.25, -0.2) is 0 Å². The third kappa shape index (κ3) is 12.3. The molecule has 0 aromatic rings. The molecule has 0 rings (SSSR count). The molecule has 0 amide bonds. The Balaban J connectivity index is 3.72. The molecule has 0 heterocycles. The molecule has 0 radical (unpaired) electrons. The first-order chi connectivity index (χ1) is 8.35. The zero-order valence-electron chi connectivity index (χ0n) is 11.9. The molecule has 0 bridgehead atoms.